The Bertz CT molecular complexity index is 830. The van der Waals surface area contributed by atoms with Crippen molar-refractivity contribution < 1.29 is 23.9 Å². The van der Waals surface area contributed by atoms with Gasteiger partial charge in [-0.2, -0.15) is 0 Å². The normalized spacial score (nSPS) is 20.7. The quantitative estimate of drug-likeness (QED) is 0.585. The molecule has 2 aliphatic rings. The zero-order chi connectivity index (χ0) is 23.3. The molecule has 3 rings (SSSR count). The van der Waals surface area contributed by atoms with E-state index in [1.807, 2.05) is 38.1 Å². The number of rotatable bonds is 10. The molecule has 176 valence electrons. The predicted molar refractivity (Wildman–Crippen MR) is 119 cm³/mol. The van der Waals surface area contributed by atoms with Gasteiger partial charge in [0.05, 0.1) is 19.8 Å². The van der Waals surface area contributed by atoms with Crippen LogP contribution >= 0.6 is 0 Å². The molecule has 2 atom stereocenters. The first-order valence-electron chi connectivity index (χ1n) is 11.1. The van der Waals surface area contributed by atoms with Crippen molar-refractivity contribution in [3.8, 4) is 5.75 Å². The largest absolute Gasteiger partial charge is 0.496 e. The van der Waals surface area contributed by atoms with Gasteiger partial charge in [0, 0.05) is 38.9 Å². The van der Waals surface area contributed by atoms with Crippen molar-refractivity contribution in [3.05, 3.63) is 29.8 Å². The van der Waals surface area contributed by atoms with Gasteiger partial charge in [-0.3, -0.25) is 9.59 Å². The average Bonchev–Trinajstić information content (AvgIpc) is 3.07. The first-order valence-corrected chi connectivity index (χ1v) is 11.1. The highest BCUT2D eigenvalue weighted by atomic mass is 16.5. The summed E-state index contributed by atoms with van der Waals surface area (Å²) in [5.41, 5.74) is 0.866. The molecule has 0 spiro atoms. The Labute approximate surface area is 189 Å². The molecule has 9 nitrogen and oxygen atoms in total. The summed E-state index contributed by atoms with van der Waals surface area (Å²) in [6, 6.07) is 6.61. The monoisotopic (exact) mass is 446 g/mol. The van der Waals surface area contributed by atoms with Crippen molar-refractivity contribution in [1.82, 2.24) is 20.0 Å². The van der Waals surface area contributed by atoms with Crippen LogP contribution in [-0.4, -0.2) is 91.6 Å². The highest BCUT2D eigenvalue weighted by Gasteiger charge is 2.49. The van der Waals surface area contributed by atoms with E-state index in [1.54, 1.807) is 28.9 Å². The summed E-state index contributed by atoms with van der Waals surface area (Å²) in [4.78, 5) is 43.9. The van der Waals surface area contributed by atoms with Crippen molar-refractivity contribution in [2.24, 2.45) is 5.92 Å². The van der Waals surface area contributed by atoms with E-state index in [-0.39, 0.29) is 36.3 Å². The lowest BCUT2D eigenvalue weighted by molar-refractivity contribution is -0.143. The molecule has 9 heteroatoms. The van der Waals surface area contributed by atoms with E-state index < -0.39 is 6.04 Å². The molecule has 0 bridgehead atoms. The molecule has 2 aliphatic heterocycles. The second-order valence-corrected chi connectivity index (χ2v) is 8.74. The Kier molecular flexibility index (Phi) is 7.95. The molecule has 0 saturated carbocycles. The molecule has 32 heavy (non-hydrogen) atoms. The van der Waals surface area contributed by atoms with Gasteiger partial charge in [0.1, 0.15) is 18.3 Å². The molecule has 1 aromatic carbocycles. The lowest BCUT2D eigenvalue weighted by atomic mass is 9.97. The van der Waals surface area contributed by atoms with Gasteiger partial charge in [0.15, 0.2) is 0 Å². The molecule has 0 aliphatic carbocycles. The van der Waals surface area contributed by atoms with E-state index in [0.29, 0.717) is 45.0 Å². The van der Waals surface area contributed by atoms with E-state index >= 15 is 0 Å². The molecular formula is C23H34N4O5. The van der Waals surface area contributed by atoms with E-state index in [9.17, 15) is 14.4 Å². The number of piperazine rings is 1. The molecule has 2 saturated heterocycles. The zero-order valence-electron chi connectivity index (χ0n) is 19.4. The fourth-order valence-electron chi connectivity index (χ4n) is 4.42. The van der Waals surface area contributed by atoms with Crippen LogP contribution in [0.25, 0.3) is 0 Å². The number of carbonyl (C=O) groups excluding carboxylic acids is 3. The smallest absolute Gasteiger partial charge is 0.321 e. The summed E-state index contributed by atoms with van der Waals surface area (Å²) < 4.78 is 10.5. The Morgan fingerprint density at radius 2 is 1.88 bits per heavy atom. The summed E-state index contributed by atoms with van der Waals surface area (Å²) in [5.74, 6) is 0.682. The highest BCUT2D eigenvalue weighted by molar-refractivity contribution is 5.92. The lowest BCUT2D eigenvalue weighted by Gasteiger charge is -2.42. The highest BCUT2D eigenvalue weighted by Crippen LogP contribution is 2.29. The second-order valence-electron chi connectivity index (χ2n) is 8.74. The number of carbonyl (C=O) groups is 3. The minimum absolute atomic E-state index is 0.0391. The number of fused-ring (bicyclic) bond motifs is 1. The van der Waals surface area contributed by atoms with E-state index in [2.05, 4.69) is 5.32 Å². The van der Waals surface area contributed by atoms with Gasteiger partial charge >= 0.3 is 6.03 Å². The fraction of sp³-hybridized carbons (Fsp3) is 0.609. The second kappa shape index (κ2) is 10.7. The summed E-state index contributed by atoms with van der Waals surface area (Å²) in [6.07, 6.45) is 0.596. The number of urea groups is 1. The van der Waals surface area contributed by atoms with Crippen LogP contribution in [0.15, 0.2) is 24.3 Å². The number of amides is 4. The number of nitrogens with zero attached hydrogens (tertiary/aromatic N) is 3. The lowest BCUT2D eigenvalue weighted by Crippen LogP contribution is -2.61. The third-order valence-corrected chi connectivity index (χ3v) is 5.94. The maximum absolute atomic E-state index is 13.2. The zero-order valence-corrected chi connectivity index (χ0v) is 19.4. The minimum atomic E-state index is -0.500. The summed E-state index contributed by atoms with van der Waals surface area (Å²) in [6.45, 7) is 6.20. The third-order valence-electron chi connectivity index (χ3n) is 5.94. The Balaban J connectivity index is 1.65. The van der Waals surface area contributed by atoms with Crippen LogP contribution < -0.4 is 10.1 Å². The topological polar surface area (TPSA) is 91.4 Å². The Hall–Kier alpha value is -2.81. The number of ether oxygens (including phenoxy) is 2. The van der Waals surface area contributed by atoms with Crippen molar-refractivity contribution in [3.63, 3.8) is 0 Å². The predicted octanol–water partition coefficient (Wildman–Crippen LogP) is 1.32. The van der Waals surface area contributed by atoms with Gasteiger partial charge in [-0.15, -0.1) is 0 Å². The number of hydrogen-bond acceptors (Lipinski definition) is 5. The summed E-state index contributed by atoms with van der Waals surface area (Å²) in [7, 11) is 3.20. The van der Waals surface area contributed by atoms with E-state index in [1.165, 1.54) is 0 Å². The van der Waals surface area contributed by atoms with E-state index in [0.717, 1.165) is 5.56 Å². The number of hydrogen-bond donors (Lipinski definition) is 1. The number of para-hydroxylation sites is 1. The molecule has 1 aromatic rings. The molecule has 1 N–H and O–H groups in total. The van der Waals surface area contributed by atoms with Gasteiger partial charge in [0.25, 0.3) is 0 Å². The Morgan fingerprint density at radius 1 is 1.16 bits per heavy atom. The van der Waals surface area contributed by atoms with Crippen LogP contribution in [0.4, 0.5) is 4.79 Å². The van der Waals surface area contributed by atoms with Crippen molar-refractivity contribution in [2.45, 2.75) is 38.9 Å². The summed E-state index contributed by atoms with van der Waals surface area (Å²) in [5, 5.41) is 2.87. The molecule has 0 unspecified atom stereocenters. The maximum Gasteiger partial charge on any atom is 0.321 e. The van der Waals surface area contributed by atoms with Crippen LogP contribution in [0.5, 0.6) is 5.75 Å². The van der Waals surface area contributed by atoms with Gasteiger partial charge in [-0.05, 0) is 18.4 Å². The van der Waals surface area contributed by atoms with Crippen LogP contribution in [0.3, 0.4) is 0 Å². The Morgan fingerprint density at radius 3 is 2.56 bits per heavy atom. The standard InChI is InChI=1S/C23H34N4O5/c1-16(2)11-19-22(29)25(9-10-31-3)13-18-14-26(23(30)27(18)19)15-21(28)24-12-17-7-5-6-8-20(17)32-4/h5-8,16,18-19H,9-15H2,1-4H3,(H,24,28)/t18-,19-/m0/s1. The summed E-state index contributed by atoms with van der Waals surface area (Å²) >= 11 is 0. The van der Waals surface area contributed by atoms with E-state index in [4.69, 9.17) is 9.47 Å². The number of benzene rings is 1. The van der Waals surface area contributed by atoms with Gasteiger partial charge < -0.3 is 29.5 Å². The maximum atomic E-state index is 13.2. The average molecular weight is 447 g/mol. The molecule has 2 fully saturated rings. The first kappa shape index (κ1) is 23.8. The van der Waals surface area contributed by atoms with Crippen LogP contribution in [0, 0.1) is 5.92 Å². The molecule has 2 heterocycles. The van der Waals surface area contributed by atoms with Crippen molar-refractivity contribution in [2.75, 3.05) is 47.0 Å². The fourth-order valence-corrected chi connectivity index (χ4v) is 4.42. The number of methoxy groups -OCH3 is 2. The minimum Gasteiger partial charge on any atom is -0.496 e. The van der Waals surface area contributed by atoms with Crippen LogP contribution in [-0.2, 0) is 20.9 Å². The molecular weight excluding hydrogens is 412 g/mol. The number of nitrogens with one attached hydrogen (secondary N) is 1. The molecule has 0 aromatic heterocycles. The van der Waals surface area contributed by atoms with Gasteiger partial charge in [0.2, 0.25) is 11.8 Å². The molecule has 0 radical (unpaired) electrons. The van der Waals surface area contributed by atoms with Crippen molar-refractivity contribution in [1.29, 1.82) is 0 Å². The third kappa shape index (κ3) is 5.32. The molecule has 4 amide bonds. The van der Waals surface area contributed by atoms with Gasteiger partial charge in [-0.25, -0.2) is 4.79 Å². The van der Waals surface area contributed by atoms with Gasteiger partial charge in [-0.1, -0.05) is 32.0 Å². The van der Waals surface area contributed by atoms with Crippen LogP contribution in [0.2, 0.25) is 0 Å². The van der Waals surface area contributed by atoms with Crippen molar-refractivity contribution >= 4 is 17.8 Å². The van der Waals surface area contributed by atoms with Crippen LogP contribution in [0.1, 0.15) is 25.8 Å². The SMILES string of the molecule is COCCN1C[C@H]2CN(CC(=O)NCc3ccccc3OC)C(=O)N2[C@@H](CC(C)C)C1=O. The first-order chi connectivity index (χ1) is 15.3.